The van der Waals surface area contributed by atoms with Gasteiger partial charge in [0.05, 0.1) is 18.7 Å². The maximum atomic E-state index is 11.5. The van der Waals surface area contributed by atoms with Crippen LogP contribution in [0.3, 0.4) is 0 Å². The van der Waals surface area contributed by atoms with Crippen molar-refractivity contribution in [2.75, 3.05) is 6.61 Å². The fourth-order valence-electron chi connectivity index (χ4n) is 3.83. The Morgan fingerprint density at radius 2 is 2.11 bits per heavy atom. The first kappa shape index (κ1) is 22.0. The van der Waals surface area contributed by atoms with Gasteiger partial charge in [0.2, 0.25) is 0 Å². The molecule has 0 spiro atoms. The molecule has 0 saturated heterocycles. The van der Waals surface area contributed by atoms with Gasteiger partial charge in [-0.15, -0.1) is 0 Å². The fourth-order valence-corrected chi connectivity index (χ4v) is 3.83. The van der Waals surface area contributed by atoms with E-state index < -0.39 is 5.97 Å². The summed E-state index contributed by atoms with van der Waals surface area (Å²) < 4.78 is 11.5. The number of carboxylic acids is 1. The number of benzene rings is 1. The lowest BCUT2D eigenvalue weighted by molar-refractivity contribution is -0.142. The van der Waals surface area contributed by atoms with Crippen molar-refractivity contribution >= 4 is 5.97 Å². The fraction of sp³-hybridized carbons (Fsp3) is 0.565. The van der Waals surface area contributed by atoms with Gasteiger partial charge in [0, 0.05) is 12.8 Å². The Bertz CT molecular complexity index is 753. The molecular weight excluding hydrogens is 354 g/mol. The number of aromatic nitrogens is 1. The van der Waals surface area contributed by atoms with Crippen LogP contribution < -0.4 is 4.74 Å². The van der Waals surface area contributed by atoms with E-state index in [4.69, 9.17) is 9.15 Å². The molecule has 0 fully saturated rings. The zero-order chi connectivity index (χ0) is 20.5. The Morgan fingerprint density at radius 3 is 2.79 bits per heavy atom. The van der Waals surface area contributed by atoms with E-state index in [-0.39, 0.29) is 11.8 Å². The van der Waals surface area contributed by atoms with Gasteiger partial charge in [0.15, 0.2) is 5.89 Å². The predicted octanol–water partition coefficient (Wildman–Crippen LogP) is 5.42. The number of nitrogens with zero attached hydrogens (tertiary/aromatic N) is 1. The Morgan fingerprint density at radius 1 is 1.32 bits per heavy atom. The van der Waals surface area contributed by atoms with E-state index in [1.807, 2.05) is 32.9 Å². The molecule has 2 unspecified atom stereocenters. The maximum absolute atomic E-state index is 11.5. The summed E-state index contributed by atoms with van der Waals surface area (Å²) in [6, 6.07) is 6.06. The number of fused-ring (bicyclic) bond motifs is 1. The molecule has 1 aliphatic carbocycles. The number of hydrogen-bond acceptors (Lipinski definition) is 4. The topological polar surface area (TPSA) is 72.6 Å². The van der Waals surface area contributed by atoms with E-state index in [0.717, 1.165) is 43.1 Å². The third-order valence-corrected chi connectivity index (χ3v) is 5.16. The molecule has 0 saturated carbocycles. The molecule has 3 rings (SSSR count). The standard InChI is InChI=1S/C21H27NO4.C2H6/c1-3-5-20-22-13-16(26-20)10-11-25-15-7-9-18-14(12-15)6-8-19(18)17(4-2)21(23)24;1-2/h7,9,12-13,17,19H,3-6,8,10-11H2,1-2H3,(H,23,24);1-2H3. The van der Waals surface area contributed by atoms with Crippen LogP contribution in [0.2, 0.25) is 0 Å². The maximum Gasteiger partial charge on any atom is 0.307 e. The van der Waals surface area contributed by atoms with Crippen molar-refractivity contribution in [3.8, 4) is 5.75 Å². The van der Waals surface area contributed by atoms with E-state index in [9.17, 15) is 9.90 Å². The number of aryl methyl sites for hydroxylation is 2. The molecular formula is C23H33NO4. The lowest BCUT2D eigenvalue weighted by Gasteiger charge is -2.19. The van der Waals surface area contributed by atoms with Crippen LogP contribution >= 0.6 is 0 Å². The molecule has 1 aromatic heterocycles. The second kappa shape index (κ2) is 10.9. The molecule has 28 heavy (non-hydrogen) atoms. The second-order valence-corrected chi connectivity index (χ2v) is 6.93. The second-order valence-electron chi connectivity index (χ2n) is 6.93. The zero-order valence-corrected chi connectivity index (χ0v) is 17.5. The van der Waals surface area contributed by atoms with Gasteiger partial charge in [-0.3, -0.25) is 4.79 Å². The summed E-state index contributed by atoms with van der Waals surface area (Å²) in [4.78, 5) is 15.7. The molecule has 2 atom stereocenters. The highest BCUT2D eigenvalue weighted by atomic mass is 16.5. The monoisotopic (exact) mass is 387 g/mol. The Balaban J connectivity index is 0.00000136. The summed E-state index contributed by atoms with van der Waals surface area (Å²) in [6.45, 7) is 8.59. The molecule has 2 aromatic rings. The van der Waals surface area contributed by atoms with Crippen molar-refractivity contribution in [3.63, 3.8) is 0 Å². The van der Waals surface area contributed by atoms with Crippen molar-refractivity contribution in [1.82, 2.24) is 4.98 Å². The van der Waals surface area contributed by atoms with Gasteiger partial charge in [-0.2, -0.15) is 0 Å². The Hall–Kier alpha value is -2.30. The van der Waals surface area contributed by atoms with Gasteiger partial charge in [-0.1, -0.05) is 33.8 Å². The average Bonchev–Trinajstić information content (AvgIpc) is 3.31. The van der Waals surface area contributed by atoms with Crippen molar-refractivity contribution in [2.45, 2.75) is 72.1 Å². The highest BCUT2D eigenvalue weighted by Gasteiger charge is 2.33. The Kier molecular flexibility index (Phi) is 8.55. The summed E-state index contributed by atoms with van der Waals surface area (Å²) in [6.07, 6.45) is 6.83. The Labute approximate surface area is 168 Å². The molecule has 5 nitrogen and oxygen atoms in total. The van der Waals surface area contributed by atoms with Gasteiger partial charge in [0.1, 0.15) is 11.5 Å². The summed E-state index contributed by atoms with van der Waals surface area (Å²) in [5.74, 6) is 1.60. The summed E-state index contributed by atoms with van der Waals surface area (Å²) >= 11 is 0. The lowest BCUT2D eigenvalue weighted by atomic mass is 9.85. The highest BCUT2D eigenvalue weighted by Crippen LogP contribution is 2.41. The van der Waals surface area contributed by atoms with Gasteiger partial charge in [-0.25, -0.2) is 4.98 Å². The van der Waals surface area contributed by atoms with Crippen LogP contribution in [0.15, 0.2) is 28.8 Å². The van der Waals surface area contributed by atoms with Gasteiger partial charge >= 0.3 is 5.97 Å². The van der Waals surface area contributed by atoms with Crippen molar-refractivity contribution in [2.24, 2.45) is 5.92 Å². The van der Waals surface area contributed by atoms with E-state index >= 15 is 0 Å². The normalized spacial score (nSPS) is 16.1. The first-order valence-electron chi connectivity index (χ1n) is 10.5. The number of aliphatic carboxylic acids is 1. The smallest absolute Gasteiger partial charge is 0.307 e. The van der Waals surface area contributed by atoms with Crippen LogP contribution in [0.25, 0.3) is 0 Å². The van der Waals surface area contributed by atoms with Crippen molar-refractivity contribution < 1.29 is 19.1 Å². The molecule has 1 aromatic carbocycles. The summed E-state index contributed by atoms with van der Waals surface area (Å²) in [5.41, 5.74) is 2.39. The average molecular weight is 388 g/mol. The van der Waals surface area contributed by atoms with Crippen molar-refractivity contribution in [1.29, 1.82) is 0 Å². The van der Waals surface area contributed by atoms with E-state index in [1.54, 1.807) is 6.20 Å². The van der Waals surface area contributed by atoms with E-state index in [2.05, 4.69) is 18.0 Å². The van der Waals surface area contributed by atoms with Gasteiger partial charge < -0.3 is 14.3 Å². The third kappa shape index (κ3) is 5.37. The van der Waals surface area contributed by atoms with Crippen LogP contribution in [0.1, 0.15) is 75.7 Å². The van der Waals surface area contributed by atoms with Crippen LogP contribution in [-0.4, -0.2) is 22.7 Å². The van der Waals surface area contributed by atoms with E-state index in [0.29, 0.717) is 19.4 Å². The van der Waals surface area contributed by atoms with Crippen LogP contribution in [0.4, 0.5) is 0 Å². The molecule has 0 amide bonds. The SMILES string of the molecule is CC.CCCc1ncc(CCOc2ccc3c(c2)CCC3C(CC)C(=O)O)o1. The molecule has 5 heteroatoms. The molecule has 1 aliphatic rings. The first-order chi connectivity index (χ1) is 13.6. The number of carbonyl (C=O) groups is 1. The molecule has 0 aliphatic heterocycles. The highest BCUT2D eigenvalue weighted by molar-refractivity contribution is 5.71. The molecule has 154 valence electrons. The summed E-state index contributed by atoms with van der Waals surface area (Å²) in [5, 5.41) is 9.43. The molecule has 1 heterocycles. The minimum atomic E-state index is -0.694. The molecule has 1 N–H and O–H groups in total. The largest absolute Gasteiger partial charge is 0.493 e. The van der Waals surface area contributed by atoms with E-state index in [1.165, 1.54) is 11.1 Å². The predicted molar refractivity (Wildman–Crippen MR) is 110 cm³/mol. The number of oxazole rings is 1. The third-order valence-electron chi connectivity index (χ3n) is 5.16. The minimum Gasteiger partial charge on any atom is -0.493 e. The lowest BCUT2D eigenvalue weighted by Crippen LogP contribution is -2.19. The van der Waals surface area contributed by atoms with Crippen LogP contribution in [0, 0.1) is 5.92 Å². The van der Waals surface area contributed by atoms with Crippen LogP contribution in [-0.2, 0) is 24.1 Å². The molecule has 0 radical (unpaired) electrons. The number of hydrogen-bond donors (Lipinski definition) is 1. The minimum absolute atomic E-state index is 0.118. The number of ether oxygens (including phenoxy) is 1. The van der Waals surface area contributed by atoms with Gasteiger partial charge in [0.25, 0.3) is 0 Å². The van der Waals surface area contributed by atoms with Crippen molar-refractivity contribution in [3.05, 3.63) is 47.2 Å². The van der Waals surface area contributed by atoms with Gasteiger partial charge in [-0.05, 0) is 54.9 Å². The summed E-state index contributed by atoms with van der Waals surface area (Å²) in [7, 11) is 0. The number of carboxylic acid groups (broad SMARTS) is 1. The zero-order valence-electron chi connectivity index (χ0n) is 17.5. The number of rotatable bonds is 9. The molecule has 0 bridgehead atoms. The first-order valence-corrected chi connectivity index (χ1v) is 10.5. The van der Waals surface area contributed by atoms with Crippen LogP contribution in [0.5, 0.6) is 5.75 Å². The quantitative estimate of drug-likeness (QED) is 0.622.